The molecule has 4 aromatic heterocycles. The van der Waals surface area contributed by atoms with Crippen molar-refractivity contribution in [2.75, 3.05) is 5.32 Å². The average Bonchev–Trinajstić information content (AvgIpc) is 3.33. The Morgan fingerprint density at radius 3 is 2.75 bits per heavy atom. The molecule has 10 nitrogen and oxygen atoms in total. The van der Waals surface area contributed by atoms with E-state index in [2.05, 4.69) is 35.8 Å². The first-order valence-corrected chi connectivity index (χ1v) is 7.68. The molecule has 0 spiro atoms. The Balaban J connectivity index is 1.69. The van der Waals surface area contributed by atoms with Crippen LogP contribution in [0, 0.1) is 0 Å². The molecule has 0 aliphatic rings. The lowest BCUT2D eigenvalue weighted by molar-refractivity contribution is 0.659. The summed E-state index contributed by atoms with van der Waals surface area (Å²) >= 11 is 0. The lowest BCUT2D eigenvalue weighted by Gasteiger charge is -2.02. The Hall–Kier alpha value is -3.30. The van der Waals surface area contributed by atoms with Crippen LogP contribution in [0.15, 0.2) is 30.9 Å². The third-order valence-corrected chi connectivity index (χ3v) is 3.59. The van der Waals surface area contributed by atoms with Crippen LogP contribution in [0.2, 0.25) is 0 Å². The fraction of sp³-hybridized carbons (Fsp3) is 0.286. The highest BCUT2D eigenvalue weighted by Gasteiger charge is 2.12. The number of hydrogen-bond acceptors (Lipinski definition) is 7. The molecule has 0 fully saturated rings. The number of aromatic nitrogens is 9. The minimum atomic E-state index is 0.440. The van der Waals surface area contributed by atoms with Crippen molar-refractivity contribution in [2.45, 2.75) is 26.9 Å². The van der Waals surface area contributed by atoms with Crippen molar-refractivity contribution in [3.8, 4) is 5.69 Å². The number of nitrogens with zero attached hydrogens (tertiary/aromatic N) is 9. The molecular formula is C14H16N10. The molecule has 0 aliphatic carbocycles. The molecule has 0 unspecified atom stereocenters. The summed E-state index contributed by atoms with van der Waals surface area (Å²) < 4.78 is 5.29. The van der Waals surface area contributed by atoms with Gasteiger partial charge in [-0.2, -0.15) is 19.9 Å². The van der Waals surface area contributed by atoms with Gasteiger partial charge in [-0.25, -0.2) is 4.98 Å². The SMILES string of the molecule is CCn1cc(-n2nnc3cnc(Nc4ccn(CC)n4)nc32)cn1. The summed E-state index contributed by atoms with van der Waals surface area (Å²) in [7, 11) is 0. The van der Waals surface area contributed by atoms with Gasteiger partial charge < -0.3 is 5.32 Å². The summed E-state index contributed by atoms with van der Waals surface area (Å²) in [6.45, 7) is 5.64. The molecule has 0 aromatic carbocycles. The minimum absolute atomic E-state index is 0.440. The maximum atomic E-state index is 4.51. The van der Waals surface area contributed by atoms with Gasteiger partial charge in [-0.1, -0.05) is 5.21 Å². The molecule has 0 atom stereocenters. The Kier molecular flexibility index (Phi) is 3.41. The number of rotatable bonds is 5. The van der Waals surface area contributed by atoms with Crippen LogP contribution in [0.1, 0.15) is 13.8 Å². The fourth-order valence-electron chi connectivity index (χ4n) is 2.32. The third kappa shape index (κ3) is 2.47. The molecule has 1 N–H and O–H groups in total. The van der Waals surface area contributed by atoms with Crippen LogP contribution in [0.5, 0.6) is 0 Å². The summed E-state index contributed by atoms with van der Waals surface area (Å²) in [5.74, 6) is 1.13. The average molecular weight is 324 g/mol. The molecule has 4 rings (SSSR count). The van der Waals surface area contributed by atoms with Crippen molar-refractivity contribution in [1.82, 2.24) is 44.5 Å². The highest BCUT2D eigenvalue weighted by atomic mass is 15.5. The minimum Gasteiger partial charge on any atom is -0.307 e. The third-order valence-electron chi connectivity index (χ3n) is 3.59. The van der Waals surface area contributed by atoms with Gasteiger partial charge in [-0.15, -0.1) is 5.10 Å². The van der Waals surface area contributed by atoms with Crippen LogP contribution < -0.4 is 5.32 Å². The molecular weight excluding hydrogens is 308 g/mol. The van der Waals surface area contributed by atoms with Crippen LogP contribution >= 0.6 is 0 Å². The summed E-state index contributed by atoms with van der Waals surface area (Å²) in [6, 6.07) is 1.87. The van der Waals surface area contributed by atoms with E-state index in [0.717, 1.165) is 18.8 Å². The Morgan fingerprint density at radius 1 is 1.12 bits per heavy atom. The van der Waals surface area contributed by atoms with E-state index in [-0.39, 0.29) is 0 Å². The molecule has 0 saturated heterocycles. The predicted octanol–water partition coefficient (Wildman–Crippen LogP) is 1.39. The lowest BCUT2D eigenvalue weighted by atomic mass is 10.5. The summed E-state index contributed by atoms with van der Waals surface area (Å²) in [5, 5.41) is 19.9. The Labute approximate surface area is 137 Å². The smallest absolute Gasteiger partial charge is 0.230 e. The maximum absolute atomic E-state index is 4.51. The molecule has 0 saturated carbocycles. The molecule has 122 valence electrons. The van der Waals surface area contributed by atoms with Crippen LogP contribution in [-0.4, -0.2) is 44.5 Å². The van der Waals surface area contributed by atoms with Crippen molar-refractivity contribution in [1.29, 1.82) is 0 Å². The van der Waals surface area contributed by atoms with E-state index in [9.17, 15) is 0 Å². The number of nitrogens with one attached hydrogen (secondary N) is 1. The second kappa shape index (κ2) is 5.72. The van der Waals surface area contributed by atoms with Gasteiger partial charge in [0.2, 0.25) is 5.95 Å². The zero-order valence-corrected chi connectivity index (χ0v) is 13.3. The first-order valence-electron chi connectivity index (χ1n) is 7.68. The topological polar surface area (TPSA) is 104 Å². The van der Waals surface area contributed by atoms with Gasteiger partial charge in [0, 0.05) is 25.4 Å². The van der Waals surface area contributed by atoms with Crippen LogP contribution in [0.25, 0.3) is 16.9 Å². The van der Waals surface area contributed by atoms with E-state index < -0.39 is 0 Å². The fourth-order valence-corrected chi connectivity index (χ4v) is 2.32. The van der Waals surface area contributed by atoms with Crippen LogP contribution in [0.3, 0.4) is 0 Å². The van der Waals surface area contributed by atoms with E-state index in [4.69, 9.17) is 0 Å². The molecule has 24 heavy (non-hydrogen) atoms. The molecule has 0 radical (unpaired) electrons. The van der Waals surface area contributed by atoms with Gasteiger partial charge in [0.15, 0.2) is 17.0 Å². The van der Waals surface area contributed by atoms with Crippen molar-refractivity contribution in [3.05, 3.63) is 30.9 Å². The Bertz CT molecular complexity index is 978. The zero-order chi connectivity index (χ0) is 16.5. The summed E-state index contributed by atoms with van der Waals surface area (Å²) in [5.41, 5.74) is 2.03. The molecule has 4 aromatic rings. The van der Waals surface area contributed by atoms with Crippen molar-refractivity contribution in [2.24, 2.45) is 0 Å². The van der Waals surface area contributed by atoms with Gasteiger partial charge in [0.1, 0.15) is 5.69 Å². The Morgan fingerprint density at radius 2 is 2.00 bits per heavy atom. The number of anilines is 2. The maximum Gasteiger partial charge on any atom is 0.230 e. The second-order valence-electron chi connectivity index (χ2n) is 5.14. The van der Waals surface area contributed by atoms with Gasteiger partial charge in [0.25, 0.3) is 0 Å². The van der Waals surface area contributed by atoms with E-state index in [1.54, 1.807) is 17.1 Å². The van der Waals surface area contributed by atoms with Gasteiger partial charge in [0.05, 0.1) is 18.6 Å². The van der Waals surface area contributed by atoms with Gasteiger partial charge in [-0.05, 0) is 13.8 Å². The van der Waals surface area contributed by atoms with Crippen molar-refractivity contribution < 1.29 is 0 Å². The second-order valence-corrected chi connectivity index (χ2v) is 5.14. The molecule has 0 amide bonds. The monoisotopic (exact) mass is 324 g/mol. The normalized spacial score (nSPS) is 11.2. The molecule has 10 heteroatoms. The highest BCUT2D eigenvalue weighted by Crippen LogP contribution is 2.16. The zero-order valence-electron chi connectivity index (χ0n) is 13.3. The molecule has 4 heterocycles. The lowest BCUT2D eigenvalue weighted by Crippen LogP contribution is -2.02. The van der Waals surface area contributed by atoms with Crippen LogP contribution in [-0.2, 0) is 13.1 Å². The van der Waals surface area contributed by atoms with E-state index in [0.29, 0.717) is 22.9 Å². The summed E-state index contributed by atoms with van der Waals surface area (Å²) in [6.07, 6.45) is 7.16. The predicted molar refractivity (Wildman–Crippen MR) is 87.1 cm³/mol. The molecule has 0 aliphatic heterocycles. The number of aryl methyl sites for hydroxylation is 2. The van der Waals surface area contributed by atoms with Crippen LogP contribution in [0.4, 0.5) is 11.8 Å². The standard InChI is InChI=1S/C14H16N10/c1-3-22-6-5-12(20-22)17-14-15-8-11-13(18-14)24(21-19-11)10-7-16-23(4-2)9-10/h5-9H,3-4H2,1-2H3,(H,15,17,18,20). The largest absolute Gasteiger partial charge is 0.307 e. The van der Waals surface area contributed by atoms with E-state index in [1.165, 1.54) is 0 Å². The van der Waals surface area contributed by atoms with E-state index in [1.807, 2.05) is 41.7 Å². The summed E-state index contributed by atoms with van der Waals surface area (Å²) in [4.78, 5) is 8.76. The van der Waals surface area contributed by atoms with Gasteiger partial charge in [-0.3, -0.25) is 9.36 Å². The number of hydrogen-bond donors (Lipinski definition) is 1. The van der Waals surface area contributed by atoms with E-state index >= 15 is 0 Å². The quantitative estimate of drug-likeness (QED) is 0.591. The van der Waals surface area contributed by atoms with Gasteiger partial charge >= 0.3 is 0 Å². The first kappa shape index (κ1) is 14.3. The van der Waals surface area contributed by atoms with Crippen molar-refractivity contribution >= 4 is 22.9 Å². The highest BCUT2D eigenvalue weighted by molar-refractivity contribution is 5.72. The van der Waals surface area contributed by atoms with Crippen molar-refractivity contribution in [3.63, 3.8) is 0 Å². The molecule has 0 bridgehead atoms. The first-order chi connectivity index (χ1) is 11.8. The number of fused-ring (bicyclic) bond motifs is 1.